The monoisotopic (exact) mass is 139 g/mol. The number of carbonyl (C=O) groups excluding carboxylic acids is 2. The molecule has 1 aliphatic carbocycles. The summed E-state index contributed by atoms with van der Waals surface area (Å²) >= 11 is 0. The highest BCUT2D eigenvalue weighted by Gasteiger charge is 2.51. The van der Waals surface area contributed by atoms with Crippen molar-refractivity contribution in [3.63, 3.8) is 0 Å². The number of hydrogen-bond acceptors (Lipinski definition) is 2. The van der Waals surface area contributed by atoms with Crippen molar-refractivity contribution in [2.24, 2.45) is 5.41 Å². The molecule has 0 bridgehead atoms. The Morgan fingerprint density at radius 1 is 1.30 bits per heavy atom. The Hall–Kier alpha value is -0.860. The van der Waals surface area contributed by atoms with Gasteiger partial charge in [0.15, 0.2) is 0 Å². The molecular formula is C7H9NO2. The van der Waals surface area contributed by atoms with Gasteiger partial charge in [0, 0.05) is 19.4 Å². The van der Waals surface area contributed by atoms with Gasteiger partial charge in [0.25, 0.3) is 0 Å². The molecule has 1 N–H and O–H groups in total. The summed E-state index contributed by atoms with van der Waals surface area (Å²) in [5.74, 6) is 0.323. The molecule has 0 atom stereocenters. The molecule has 1 spiro atoms. The molecule has 0 aromatic heterocycles. The van der Waals surface area contributed by atoms with Crippen LogP contribution < -0.4 is 5.32 Å². The number of hydrogen-bond donors (Lipinski definition) is 1. The van der Waals surface area contributed by atoms with Crippen molar-refractivity contribution >= 4 is 11.7 Å². The Bertz CT molecular complexity index is 202. The van der Waals surface area contributed by atoms with Crippen molar-refractivity contribution < 1.29 is 9.59 Å². The molecule has 1 amide bonds. The maximum Gasteiger partial charge on any atom is 0.227 e. The third kappa shape index (κ3) is 0.549. The number of ketones is 1. The number of amides is 1. The molecule has 0 aromatic rings. The zero-order valence-corrected chi connectivity index (χ0v) is 5.64. The number of carbonyl (C=O) groups is 2. The van der Waals surface area contributed by atoms with Gasteiger partial charge in [-0.1, -0.05) is 0 Å². The molecular weight excluding hydrogens is 130 g/mol. The van der Waals surface area contributed by atoms with Gasteiger partial charge in [-0.3, -0.25) is 9.59 Å². The van der Waals surface area contributed by atoms with Crippen molar-refractivity contribution in [1.82, 2.24) is 5.32 Å². The van der Waals surface area contributed by atoms with Gasteiger partial charge < -0.3 is 5.32 Å². The average molecular weight is 139 g/mol. The molecule has 3 heteroatoms. The van der Waals surface area contributed by atoms with Crippen molar-refractivity contribution in [2.75, 3.05) is 6.54 Å². The predicted octanol–water partition coefficient (Wildman–Crippen LogP) is -0.144. The fourth-order valence-corrected chi connectivity index (χ4v) is 1.76. The number of rotatable bonds is 0. The molecule has 1 aliphatic heterocycles. The van der Waals surface area contributed by atoms with Crippen LogP contribution in [0, 0.1) is 5.41 Å². The molecule has 2 fully saturated rings. The minimum atomic E-state index is -0.253. The first-order chi connectivity index (χ1) is 4.73. The molecule has 1 heterocycles. The maximum absolute atomic E-state index is 11.1. The van der Waals surface area contributed by atoms with E-state index in [4.69, 9.17) is 0 Å². The molecule has 1 saturated heterocycles. The Labute approximate surface area is 58.8 Å². The van der Waals surface area contributed by atoms with E-state index in [-0.39, 0.29) is 17.1 Å². The van der Waals surface area contributed by atoms with E-state index < -0.39 is 0 Å². The lowest BCUT2D eigenvalue weighted by Crippen LogP contribution is -2.43. The SMILES string of the molecule is O=C1CC2(CCNC2=O)C1. The molecule has 54 valence electrons. The maximum atomic E-state index is 11.1. The molecule has 2 aliphatic rings. The molecule has 0 unspecified atom stereocenters. The third-order valence-corrected chi connectivity index (χ3v) is 2.44. The van der Waals surface area contributed by atoms with E-state index in [0.29, 0.717) is 12.8 Å². The van der Waals surface area contributed by atoms with Crippen molar-refractivity contribution in [3.8, 4) is 0 Å². The van der Waals surface area contributed by atoms with Crippen LogP contribution in [0.3, 0.4) is 0 Å². The summed E-state index contributed by atoms with van der Waals surface area (Å²) in [5.41, 5.74) is -0.253. The van der Waals surface area contributed by atoms with Crippen LogP contribution in [0.15, 0.2) is 0 Å². The van der Waals surface area contributed by atoms with Gasteiger partial charge in [-0.15, -0.1) is 0 Å². The topological polar surface area (TPSA) is 46.2 Å². The van der Waals surface area contributed by atoms with E-state index in [1.165, 1.54) is 0 Å². The first kappa shape index (κ1) is 5.89. The first-order valence-electron chi connectivity index (χ1n) is 3.53. The van der Waals surface area contributed by atoms with Crippen LogP contribution in [0.25, 0.3) is 0 Å². The fraction of sp³-hybridized carbons (Fsp3) is 0.714. The van der Waals surface area contributed by atoms with Crippen LogP contribution in [-0.4, -0.2) is 18.2 Å². The molecule has 1 saturated carbocycles. The molecule has 10 heavy (non-hydrogen) atoms. The second-order valence-electron chi connectivity index (χ2n) is 3.18. The standard InChI is InChI=1S/C7H9NO2/c9-5-3-7(4-5)1-2-8-6(7)10/h1-4H2,(H,8,10). The molecule has 3 nitrogen and oxygen atoms in total. The van der Waals surface area contributed by atoms with Crippen LogP contribution in [0.1, 0.15) is 19.3 Å². The molecule has 0 radical (unpaired) electrons. The van der Waals surface area contributed by atoms with Gasteiger partial charge in [-0.05, 0) is 6.42 Å². The van der Waals surface area contributed by atoms with Crippen LogP contribution >= 0.6 is 0 Å². The highest BCUT2D eigenvalue weighted by molar-refractivity contribution is 6.00. The lowest BCUT2D eigenvalue weighted by molar-refractivity contribution is -0.144. The van der Waals surface area contributed by atoms with Gasteiger partial charge in [-0.25, -0.2) is 0 Å². The van der Waals surface area contributed by atoms with Gasteiger partial charge in [0.2, 0.25) is 5.91 Å². The van der Waals surface area contributed by atoms with E-state index in [2.05, 4.69) is 5.32 Å². The summed E-state index contributed by atoms with van der Waals surface area (Å²) < 4.78 is 0. The van der Waals surface area contributed by atoms with E-state index in [9.17, 15) is 9.59 Å². The van der Waals surface area contributed by atoms with E-state index in [1.54, 1.807) is 0 Å². The van der Waals surface area contributed by atoms with Crippen LogP contribution in [0.2, 0.25) is 0 Å². The van der Waals surface area contributed by atoms with Crippen LogP contribution in [-0.2, 0) is 9.59 Å². The fourth-order valence-electron chi connectivity index (χ4n) is 1.76. The Balaban J connectivity index is 2.17. The Morgan fingerprint density at radius 2 is 2.00 bits per heavy atom. The van der Waals surface area contributed by atoms with Crippen molar-refractivity contribution in [2.45, 2.75) is 19.3 Å². The van der Waals surface area contributed by atoms with Gasteiger partial charge in [-0.2, -0.15) is 0 Å². The van der Waals surface area contributed by atoms with E-state index in [0.717, 1.165) is 13.0 Å². The van der Waals surface area contributed by atoms with Crippen molar-refractivity contribution in [3.05, 3.63) is 0 Å². The van der Waals surface area contributed by atoms with Gasteiger partial charge >= 0.3 is 0 Å². The lowest BCUT2D eigenvalue weighted by atomic mass is 9.67. The second-order valence-corrected chi connectivity index (χ2v) is 3.18. The predicted molar refractivity (Wildman–Crippen MR) is 34.3 cm³/mol. The van der Waals surface area contributed by atoms with Gasteiger partial charge in [0.1, 0.15) is 5.78 Å². The average Bonchev–Trinajstić information content (AvgIpc) is 2.12. The molecule has 2 rings (SSSR count). The third-order valence-electron chi connectivity index (χ3n) is 2.44. The summed E-state index contributed by atoms with van der Waals surface area (Å²) in [6.45, 7) is 0.756. The zero-order valence-electron chi connectivity index (χ0n) is 5.64. The normalized spacial score (nSPS) is 28.4. The zero-order chi connectivity index (χ0) is 7.19. The number of Topliss-reactive ketones (excluding diaryl/α,β-unsaturated/α-hetero) is 1. The highest BCUT2D eigenvalue weighted by Crippen LogP contribution is 2.43. The second kappa shape index (κ2) is 1.59. The summed E-state index contributed by atoms with van der Waals surface area (Å²) in [5, 5.41) is 2.74. The molecule has 0 aromatic carbocycles. The van der Waals surface area contributed by atoms with Gasteiger partial charge in [0.05, 0.1) is 5.41 Å². The largest absolute Gasteiger partial charge is 0.356 e. The minimum absolute atomic E-state index is 0.0899. The lowest BCUT2D eigenvalue weighted by Gasteiger charge is -2.33. The summed E-state index contributed by atoms with van der Waals surface area (Å²) in [4.78, 5) is 21.7. The summed E-state index contributed by atoms with van der Waals surface area (Å²) in [7, 11) is 0. The Kier molecular flexibility index (Phi) is 0.938. The minimum Gasteiger partial charge on any atom is -0.356 e. The van der Waals surface area contributed by atoms with E-state index in [1.807, 2.05) is 0 Å². The van der Waals surface area contributed by atoms with Crippen molar-refractivity contribution in [1.29, 1.82) is 0 Å². The van der Waals surface area contributed by atoms with E-state index >= 15 is 0 Å². The smallest absolute Gasteiger partial charge is 0.227 e. The summed E-state index contributed by atoms with van der Waals surface area (Å²) in [6.07, 6.45) is 1.83. The quantitative estimate of drug-likeness (QED) is 0.507. The summed E-state index contributed by atoms with van der Waals surface area (Å²) in [6, 6.07) is 0. The first-order valence-corrected chi connectivity index (χ1v) is 3.53. The van der Waals surface area contributed by atoms with Crippen LogP contribution in [0.5, 0.6) is 0 Å². The number of nitrogens with one attached hydrogen (secondary N) is 1. The van der Waals surface area contributed by atoms with Crippen LogP contribution in [0.4, 0.5) is 0 Å². The Morgan fingerprint density at radius 3 is 2.40 bits per heavy atom. The highest BCUT2D eigenvalue weighted by atomic mass is 16.2.